The van der Waals surface area contributed by atoms with E-state index >= 15 is 0 Å². The van der Waals surface area contributed by atoms with Gasteiger partial charge in [0, 0.05) is 31.0 Å². The van der Waals surface area contributed by atoms with Gasteiger partial charge in [-0.15, -0.1) is 11.8 Å². The monoisotopic (exact) mass is 417 g/mol. The van der Waals surface area contributed by atoms with Crippen LogP contribution < -0.4 is 10.1 Å². The van der Waals surface area contributed by atoms with Crippen molar-refractivity contribution in [1.82, 2.24) is 15.2 Å². The molecule has 0 spiro atoms. The highest BCUT2D eigenvalue weighted by Crippen LogP contribution is 2.27. The quantitative estimate of drug-likeness (QED) is 0.723. The lowest BCUT2D eigenvalue weighted by atomic mass is 10.0. The molecular formula is C21H24FN3O3S. The minimum Gasteiger partial charge on any atom is -0.438 e. The highest BCUT2D eigenvalue weighted by Gasteiger charge is 2.24. The van der Waals surface area contributed by atoms with Gasteiger partial charge in [-0.3, -0.25) is 9.59 Å². The Morgan fingerprint density at radius 1 is 1.28 bits per heavy atom. The number of amides is 2. The van der Waals surface area contributed by atoms with Gasteiger partial charge in [-0.2, -0.15) is 0 Å². The zero-order chi connectivity index (χ0) is 20.8. The molecule has 1 N–H and O–H groups in total. The molecule has 0 aliphatic carbocycles. The fourth-order valence-corrected chi connectivity index (χ4v) is 3.82. The molecule has 29 heavy (non-hydrogen) atoms. The summed E-state index contributed by atoms with van der Waals surface area (Å²) in [6, 6.07) is 8.48. The summed E-state index contributed by atoms with van der Waals surface area (Å²) < 4.78 is 19.5. The van der Waals surface area contributed by atoms with Crippen LogP contribution in [-0.4, -0.2) is 46.6 Å². The van der Waals surface area contributed by atoms with Gasteiger partial charge in [0.05, 0.1) is 6.20 Å². The summed E-state index contributed by atoms with van der Waals surface area (Å²) >= 11 is 1.71. The smallest absolute Gasteiger partial charge is 0.257 e. The first-order valence-electron chi connectivity index (χ1n) is 9.59. The van der Waals surface area contributed by atoms with Crippen LogP contribution in [0, 0.1) is 5.82 Å². The third kappa shape index (κ3) is 5.69. The van der Waals surface area contributed by atoms with Crippen LogP contribution in [0.4, 0.5) is 4.39 Å². The Balaban J connectivity index is 1.69. The van der Waals surface area contributed by atoms with E-state index in [-0.39, 0.29) is 23.4 Å². The Morgan fingerprint density at radius 3 is 2.59 bits per heavy atom. The molecule has 154 valence electrons. The number of likely N-dealkylation sites (tertiary alicyclic amines) is 1. The fourth-order valence-electron chi connectivity index (χ4n) is 3.15. The highest BCUT2D eigenvalue weighted by molar-refractivity contribution is 7.99. The number of carbonyl (C=O) groups is 2. The maximum atomic E-state index is 13.8. The molecule has 1 aromatic carbocycles. The van der Waals surface area contributed by atoms with Gasteiger partial charge in [0.2, 0.25) is 11.8 Å². The van der Waals surface area contributed by atoms with Crippen LogP contribution in [-0.2, 0) is 4.79 Å². The number of carbonyl (C=O) groups excluding carboxylic acids is 2. The number of hydrogen-bond acceptors (Lipinski definition) is 5. The van der Waals surface area contributed by atoms with E-state index in [9.17, 15) is 14.0 Å². The second-order valence-electron chi connectivity index (χ2n) is 6.77. The predicted molar refractivity (Wildman–Crippen MR) is 110 cm³/mol. The zero-order valence-electron chi connectivity index (χ0n) is 16.5. The molecule has 1 fully saturated rings. The minimum absolute atomic E-state index is 0.0307. The zero-order valence-corrected chi connectivity index (χ0v) is 17.3. The van der Waals surface area contributed by atoms with Gasteiger partial charge in [-0.25, -0.2) is 9.37 Å². The Kier molecular flexibility index (Phi) is 7.09. The number of halogens is 1. The van der Waals surface area contributed by atoms with Crippen molar-refractivity contribution >= 4 is 23.6 Å². The molecule has 0 saturated carbocycles. The number of rotatable bonds is 6. The van der Waals surface area contributed by atoms with E-state index in [1.165, 1.54) is 6.92 Å². The average molecular weight is 418 g/mol. The lowest BCUT2D eigenvalue weighted by molar-refractivity contribution is -0.129. The van der Waals surface area contributed by atoms with Gasteiger partial charge in [0.1, 0.15) is 17.1 Å². The van der Waals surface area contributed by atoms with E-state index in [1.807, 2.05) is 12.1 Å². The Bertz CT molecular complexity index is 868. The fraction of sp³-hybridized carbons (Fsp3) is 0.381. The summed E-state index contributed by atoms with van der Waals surface area (Å²) in [5.74, 6) is 0.530. The number of ether oxygens (including phenoxy) is 1. The maximum Gasteiger partial charge on any atom is 0.257 e. The van der Waals surface area contributed by atoms with E-state index in [0.29, 0.717) is 31.7 Å². The molecule has 6 nitrogen and oxygen atoms in total. The maximum absolute atomic E-state index is 13.8. The molecule has 1 saturated heterocycles. The molecule has 2 aromatic rings. The summed E-state index contributed by atoms with van der Waals surface area (Å²) in [5.41, 5.74) is 0.0472. The summed E-state index contributed by atoms with van der Waals surface area (Å²) in [6.07, 6.45) is 2.33. The molecule has 3 rings (SSSR count). The summed E-state index contributed by atoms with van der Waals surface area (Å²) in [7, 11) is 0. The first-order chi connectivity index (χ1) is 14.0. The first kappa shape index (κ1) is 21.1. The molecule has 0 radical (unpaired) electrons. The van der Waals surface area contributed by atoms with Crippen LogP contribution >= 0.6 is 11.8 Å². The topological polar surface area (TPSA) is 71.5 Å². The third-order valence-electron chi connectivity index (χ3n) is 4.69. The summed E-state index contributed by atoms with van der Waals surface area (Å²) in [4.78, 5) is 31.0. The van der Waals surface area contributed by atoms with E-state index in [2.05, 4.69) is 17.2 Å². The second-order valence-corrected chi connectivity index (χ2v) is 8.10. The second kappa shape index (κ2) is 9.73. The van der Waals surface area contributed by atoms with Crippen molar-refractivity contribution in [2.45, 2.75) is 37.6 Å². The number of aromatic nitrogens is 1. The van der Waals surface area contributed by atoms with Crippen molar-refractivity contribution in [3.05, 3.63) is 47.9 Å². The van der Waals surface area contributed by atoms with Crippen LogP contribution in [0.25, 0.3) is 0 Å². The van der Waals surface area contributed by atoms with Gasteiger partial charge < -0.3 is 15.0 Å². The Morgan fingerprint density at radius 2 is 1.97 bits per heavy atom. The molecule has 1 aliphatic rings. The number of nitrogens with zero attached hydrogens (tertiary/aromatic N) is 2. The molecule has 2 heterocycles. The van der Waals surface area contributed by atoms with Crippen LogP contribution in [0.1, 0.15) is 37.0 Å². The molecule has 0 bridgehead atoms. The molecule has 0 unspecified atom stereocenters. The number of piperidine rings is 1. The van der Waals surface area contributed by atoms with Gasteiger partial charge in [-0.1, -0.05) is 6.92 Å². The van der Waals surface area contributed by atoms with Crippen LogP contribution in [0.3, 0.4) is 0 Å². The van der Waals surface area contributed by atoms with E-state index in [0.717, 1.165) is 22.9 Å². The van der Waals surface area contributed by atoms with E-state index in [1.54, 1.807) is 28.8 Å². The van der Waals surface area contributed by atoms with Gasteiger partial charge >= 0.3 is 0 Å². The third-order valence-corrected chi connectivity index (χ3v) is 5.58. The summed E-state index contributed by atoms with van der Waals surface area (Å²) in [6.45, 7) is 4.79. The number of hydrogen-bond donors (Lipinski definition) is 1. The van der Waals surface area contributed by atoms with Crippen LogP contribution in [0.5, 0.6) is 11.6 Å². The highest BCUT2D eigenvalue weighted by atomic mass is 32.2. The van der Waals surface area contributed by atoms with Crippen molar-refractivity contribution in [3.63, 3.8) is 0 Å². The van der Waals surface area contributed by atoms with Crippen molar-refractivity contribution in [2.75, 3.05) is 18.8 Å². The predicted octanol–water partition coefficient (Wildman–Crippen LogP) is 3.87. The average Bonchev–Trinajstić information content (AvgIpc) is 2.71. The van der Waals surface area contributed by atoms with Crippen molar-refractivity contribution in [1.29, 1.82) is 0 Å². The Labute approximate surface area is 173 Å². The lowest BCUT2D eigenvalue weighted by Gasteiger charge is -2.31. The largest absolute Gasteiger partial charge is 0.438 e. The number of pyridine rings is 1. The van der Waals surface area contributed by atoms with Crippen molar-refractivity contribution in [3.8, 4) is 11.6 Å². The Hall–Kier alpha value is -2.61. The van der Waals surface area contributed by atoms with Crippen LogP contribution in [0.2, 0.25) is 0 Å². The molecule has 0 atom stereocenters. The molecule has 8 heteroatoms. The standard InChI is InChI=1S/C21H24FN3O3S/c1-3-29-18-6-4-17(5-7-18)28-21-19(12-15(22)13-23-21)20(27)24-16-8-10-25(11-9-16)14(2)26/h4-7,12-13,16H,3,8-11H2,1-2H3,(H,24,27). The normalized spacial score (nSPS) is 14.5. The number of benzene rings is 1. The van der Waals surface area contributed by atoms with Gasteiger partial charge in [-0.05, 0) is 48.9 Å². The van der Waals surface area contributed by atoms with Gasteiger partial charge in [0.25, 0.3) is 5.91 Å². The van der Waals surface area contributed by atoms with Crippen LogP contribution in [0.15, 0.2) is 41.4 Å². The van der Waals surface area contributed by atoms with Crippen molar-refractivity contribution in [2.24, 2.45) is 0 Å². The van der Waals surface area contributed by atoms with Gasteiger partial charge in [0.15, 0.2) is 0 Å². The minimum atomic E-state index is -0.608. The summed E-state index contributed by atoms with van der Waals surface area (Å²) in [5, 5.41) is 2.91. The molecule has 2 amide bonds. The van der Waals surface area contributed by atoms with E-state index in [4.69, 9.17) is 4.74 Å². The lowest BCUT2D eigenvalue weighted by Crippen LogP contribution is -2.46. The van der Waals surface area contributed by atoms with Crippen molar-refractivity contribution < 1.29 is 18.7 Å². The molecule has 1 aromatic heterocycles. The molecule has 1 aliphatic heterocycles. The SMILES string of the molecule is CCSc1ccc(Oc2ncc(F)cc2C(=O)NC2CCN(C(C)=O)CC2)cc1. The molecular weight excluding hydrogens is 393 g/mol. The number of thioether (sulfide) groups is 1. The first-order valence-corrected chi connectivity index (χ1v) is 10.6. The van der Waals surface area contributed by atoms with E-state index < -0.39 is 11.7 Å². The number of nitrogens with one attached hydrogen (secondary N) is 1.